The summed E-state index contributed by atoms with van der Waals surface area (Å²) in [5.41, 5.74) is 8.47. The number of rotatable bonds is 3. The van der Waals surface area contributed by atoms with Crippen molar-refractivity contribution in [3.8, 4) is 0 Å². The zero-order chi connectivity index (χ0) is 13.9. The first-order valence-corrected chi connectivity index (χ1v) is 6.84. The fourth-order valence-corrected chi connectivity index (χ4v) is 2.72. The fourth-order valence-electron chi connectivity index (χ4n) is 2.72. The van der Waals surface area contributed by atoms with Crippen molar-refractivity contribution in [3.05, 3.63) is 59.9 Å². The lowest BCUT2D eigenvalue weighted by Gasteiger charge is -2.18. The zero-order valence-corrected chi connectivity index (χ0v) is 11.3. The van der Waals surface area contributed by atoms with Gasteiger partial charge in [0.1, 0.15) is 11.5 Å². The molecule has 2 aromatic rings. The highest BCUT2D eigenvalue weighted by Gasteiger charge is 2.24. The van der Waals surface area contributed by atoms with Gasteiger partial charge in [0.15, 0.2) is 0 Å². The Labute approximate surface area is 118 Å². The Morgan fingerprint density at radius 1 is 1.20 bits per heavy atom. The van der Waals surface area contributed by atoms with Crippen LogP contribution in [0, 0.1) is 5.41 Å². The summed E-state index contributed by atoms with van der Waals surface area (Å²) in [4.78, 5) is 6.57. The van der Waals surface area contributed by atoms with E-state index in [1.807, 2.05) is 18.3 Å². The molecular weight excluding hydrogens is 248 g/mol. The van der Waals surface area contributed by atoms with Crippen LogP contribution in [0.4, 0.5) is 5.69 Å². The summed E-state index contributed by atoms with van der Waals surface area (Å²) < 4.78 is 0. The highest BCUT2D eigenvalue weighted by atomic mass is 15.2. The summed E-state index contributed by atoms with van der Waals surface area (Å²) >= 11 is 0. The Morgan fingerprint density at radius 3 is 2.65 bits per heavy atom. The molecule has 1 aromatic carbocycles. The molecule has 0 radical (unpaired) electrons. The van der Waals surface area contributed by atoms with Crippen LogP contribution in [0.5, 0.6) is 0 Å². The van der Waals surface area contributed by atoms with E-state index in [9.17, 15) is 0 Å². The number of nitrogens with zero attached hydrogens (tertiary/aromatic N) is 2. The van der Waals surface area contributed by atoms with Gasteiger partial charge in [0.2, 0.25) is 0 Å². The number of benzene rings is 1. The van der Waals surface area contributed by atoms with Gasteiger partial charge in [-0.25, -0.2) is 0 Å². The lowest BCUT2D eigenvalue weighted by molar-refractivity contribution is 0.775. The van der Waals surface area contributed by atoms with E-state index in [-0.39, 0.29) is 5.84 Å². The zero-order valence-electron chi connectivity index (χ0n) is 11.3. The van der Waals surface area contributed by atoms with Crippen molar-refractivity contribution in [2.45, 2.75) is 12.3 Å². The number of hydrogen-bond donors (Lipinski definition) is 2. The predicted molar refractivity (Wildman–Crippen MR) is 81.3 cm³/mol. The monoisotopic (exact) mass is 266 g/mol. The molecule has 1 aromatic heterocycles. The summed E-state index contributed by atoms with van der Waals surface area (Å²) in [7, 11) is 0. The minimum absolute atomic E-state index is 0.0140. The van der Waals surface area contributed by atoms with Gasteiger partial charge in [-0.05, 0) is 24.1 Å². The minimum Gasteiger partial charge on any atom is -0.382 e. The first-order chi connectivity index (χ1) is 9.74. The van der Waals surface area contributed by atoms with Crippen LogP contribution in [-0.4, -0.2) is 23.9 Å². The summed E-state index contributed by atoms with van der Waals surface area (Å²) in [6.45, 7) is 2.06. The summed E-state index contributed by atoms with van der Waals surface area (Å²) in [6.07, 6.45) is 2.97. The molecule has 0 saturated carbocycles. The molecule has 3 rings (SSSR count). The molecule has 3 N–H and O–H groups in total. The number of pyridine rings is 1. The topological polar surface area (TPSA) is 66.0 Å². The lowest BCUT2D eigenvalue weighted by Crippen LogP contribution is -2.20. The Bertz CT molecular complexity index is 592. The Morgan fingerprint density at radius 2 is 2.00 bits per heavy atom. The molecule has 0 amide bonds. The maximum absolute atomic E-state index is 7.36. The van der Waals surface area contributed by atoms with Crippen molar-refractivity contribution in [3.63, 3.8) is 0 Å². The molecule has 1 atom stereocenters. The summed E-state index contributed by atoms with van der Waals surface area (Å²) in [5.74, 6) is 0.601. The first kappa shape index (κ1) is 12.7. The van der Waals surface area contributed by atoms with E-state index < -0.39 is 0 Å². The van der Waals surface area contributed by atoms with Gasteiger partial charge in [0.25, 0.3) is 0 Å². The van der Waals surface area contributed by atoms with Crippen LogP contribution < -0.4 is 10.6 Å². The maximum Gasteiger partial charge on any atom is 0.141 e. The van der Waals surface area contributed by atoms with E-state index >= 15 is 0 Å². The minimum atomic E-state index is 0.0140. The molecule has 0 aliphatic carbocycles. The molecule has 1 aliphatic heterocycles. The van der Waals surface area contributed by atoms with E-state index in [1.165, 1.54) is 12.0 Å². The van der Waals surface area contributed by atoms with E-state index in [0.717, 1.165) is 18.8 Å². The van der Waals surface area contributed by atoms with Crippen LogP contribution in [0.25, 0.3) is 0 Å². The molecule has 0 spiro atoms. The van der Waals surface area contributed by atoms with Crippen LogP contribution in [0.15, 0.2) is 48.7 Å². The number of nitrogens with one attached hydrogen (secondary N) is 1. The number of nitrogens with two attached hydrogens (primary N) is 1. The van der Waals surface area contributed by atoms with Crippen molar-refractivity contribution in [2.24, 2.45) is 5.73 Å². The first-order valence-electron chi connectivity index (χ1n) is 6.84. The Balaban J connectivity index is 1.72. The van der Waals surface area contributed by atoms with E-state index in [0.29, 0.717) is 11.6 Å². The van der Waals surface area contributed by atoms with Gasteiger partial charge in [0, 0.05) is 19.0 Å². The van der Waals surface area contributed by atoms with Crippen LogP contribution in [0.2, 0.25) is 0 Å². The van der Waals surface area contributed by atoms with Gasteiger partial charge in [-0.15, -0.1) is 0 Å². The van der Waals surface area contributed by atoms with Crippen molar-refractivity contribution in [1.29, 1.82) is 5.41 Å². The van der Waals surface area contributed by atoms with Crippen LogP contribution in [-0.2, 0) is 0 Å². The molecule has 20 heavy (non-hydrogen) atoms. The highest BCUT2D eigenvalue weighted by molar-refractivity contribution is 5.93. The fraction of sp³-hybridized carbons (Fsp3) is 0.250. The third-order valence-electron chi connectivity index (χ3n) is 3.85. The third kappa shape index (κ3) is 2.50. The quantitative estimate of drug-likeness (QED) is 0.662. The number of aromatic nitrogens is 1. The molecule has 0 bridgehead atoms. The Hall–Kier alpha value is -2.36. The second kappa shape index (κ2) is 5.33. The normalized spacial score (nSPS) is 18.2. The number of hydrogen-bond acceptors (Lipinski definition) is 3. The number of anilines is 1. The molecule has 1 aliphatic rings. The molecule has 1 unspecified atom stereocenters. The summed E-state index contributed by atoms with van der Waals surface area (Å²) in [5, 5.41) is 7.36. The average Bonchev–Trinajstić information content (AvgIpc) is 2.98. The number of nitrogen functional groups attached to an aromatic ring is 1. The van der Waals surface area contributed by atoms with Gasteiger partial charge in [-0.1, -0.05) is 30.3 Å². The van der Waals surface area contributed by atoms with Crippen LogP contribution in [0.1, 0.15) is 23.6 Å². The largest absolute Gasteiger partial charge is 0.382 e. The molecule has 2 heterocycles. The molecule has 1 fully saturated rings. The SMILES string of the molecule is N=C(N)c1ccc(N2CCC(c3ccccc3)C2)cn1. The van der Waals surface area contributed by atoms with Crippen molar-refractivity contribution >= 4 is 11.5 Å². The van der Waals surface area contributed by atoms with E-state index in [4.69, 9.17) is 11.1 Å². The molecule has 4 nitrogen and oxygen atoms in total. The van der Waals surface area contributed by atoms with Gasteiger partial charge in [0.05, 0.1) is 11.9 Å². The molecule has 4 heteroatoms. The highest BCUT2D eigenvalue weighted by Crippen LogP contribution is 2.30. The molecule has 1 saturated heterocycles. The van der Waals surface area contributed by atoms with Crippen molar-refractivity contribution < 1.29 is 0 Å². The van der Waals surface area contributed by atoms with Crippen LogP contribution >= 0.6 is 0 Å². The average molecular weight is 266 g/mol. The van der Waals surface area contributed by atoms with E-state index in [2.05, 4.69) is 40.2 Å². The number of amidine groups is 1. The molecular formula is C16H18N4. The lowest BCUT2D eigenvalue weighted by atomic mass is 9.99. The van der Waals surface area contributed by atoms with Gasteiger partial charge < -0.3 is 10.6 Å². The third-order valence-corrected chi connectivity index (χ3v) is 3.85. The van der Waals surface area contributed by atoms with Crippen molar-refractivity contribution in [2.75, 3.05) is 18.0 Å². The standard InChI is InChI=1S/C16H18N4/c17-16(18)15-7-6-14(10-19-15)20-9-8-13(11-20)12-4-2-1-3-5-12/h1-7,10,13H,8-9,11H2,(H3,17,18). The van der Waals surface area contributed by atoms with Crippen LogP contribution in [0.3, 0.4) is 0 Å². The van der Waals surface area contributed by atoms with Gasteiger partial charge in [-0.2, -0.15) is 0 Å². The Kier molecular flexibility index (Phi) is 3.37. The van der Waals surface area contributed by atoms with Gasteiger partial charge in [-0.3, -0.25) is 10.4 Å². The smallest absolute Gasteiger partial charge is 0.141 e. The van der Waals surface area contributed by atoms with E-state index in [1.54, 1.807) is 0 Å². The second-order valence-corrected chi connectivity index (χ2v) is 5.16. The molecule has 102 valence electrons. The van der Waals surface area contributed by atoms with Crippen molar-refractivity contribution in [1.82, 2.24) is 4.98 Å². The van der Waals surface area contributed by atoms with Gasteiger partial charge >= 0.3 is 0 Å². The second-order valence-electron chi connectivity index (χ2n) is 5.16. The maximum atomic E-state index is 7.36. The summed E-state index contributed by atoms with van der Waals surface area (Å²) in [6, 6.07) is 14.5. The predicted octanol–water partition coefficient (Wildman–Crippen LogP) is 2.36.